The standard InChI is InChI=1S/C30H33ClN2O3/c1-35-22-8-7-19-14-26-30-10-9-24-27(29(30,23(19)15-22)11-12-32(26)16-18-5-6-18)25(36-30)17-33(24)28(34)20-3-2-4-21(31)13-20/h2-4,7-8,13,15,18,24-27H,5-6,9-12,14,16-17H2,1H3/t24?,25-,26?,27?,29?,30?/m1/s1. The highest BCUT2D eigenvalue weighted by Gasteiger charge is 2.78. The average molecular weight is 505 g/mol. The van der Waals surface area contributed by atoms with Gasteiger partial charge in [0.05, 0.1) is 18.8 Å². The second-order valence-electron chi connectivity index (χ2n) is 12.0. The third-order valence-electron chi connectivity index (χ3n) is 10.6. The molecular formula is C30H33ClN2O3. The van der Waals surface area contributed by atoms with Crippen molar-refractivity contribution in [3.63, 3.8) is 0 Å². The van der Waals surface area contributed by atoms with E-state index < -0.39 is 0 Å². The molecule has 5 unspecified atom stereocenters. The van der Waals surface area contributed by atoms with Crippen LogP contribution in [0.25, 0.3) is 0 Å². The van der Waals surface area contributed by atoms with Crippen molar-refractivity contribution >= 4 is 17.5 Å². The number of fused-ring (bicyclic) bond motifs is 1. The number of halogens is 1. The summed E-state index contributed by atoms with van der Waals surface area (Å²) in [5.74, 6) is 2.22. The monoisotopic (exact) mass is 504 g/mol. The molecular weight excluding hydrogens is 472 g/mol. The molecule has 2 aromatic carbocycles. The number of hydrogen-bond acceptors (Lipinski definition) is 4. The van der Waals surface area contributed by atoms with Crippen LogP contribution in [-0.2, 0) is 16.6 Å². The summed E-state index contributed by atoms with van der Waals surface area (Å²) in [5, 5.41) is 0.608. The lowest BCUT2D eigenvalue weighted by molar-refractivity contribution is -0.171. The molecule has 5 fully saturated rings. The number of carbonyl (C=O) groups is 1. The van der Waals surface area contributed by atoms with Crippen molar-refractivity contribution in [2.45, 2.75) is 67.7 Å². The molecule has 3 aliphatic carbocycles. The average Bonchev–Trinajstić information content (AvgIpc) is 3.58. The Balaban J connectivity index is 1.24. The van der Waals surface area contributed by atoms with Crippen LogP contribution in [0.4, 0.5) is 0 Å². The minimum atomic E-state index is -0.156. The SMILES string of the molecule is COc1ccc2c(c1)C13CCN(CC4CC4)C(C2)C12CCC1C3[C@@H](CN1C(=O)c1cccc(Cl)c1)O2. The van der Waals surface area contributed by atoms with Gasteiger partial charge in [-0.15, -0.1) is 0 Å². The molecule has 36 heavy (non-hydrogen) atoms. The molecule has 188 valence electrons. The third-order valence-corrected chi connectivity index (χ3v) is 10.8. The molecule has 6 atom stereocenters. The zero-order valence-corrected chi connectivity index (χ0v) is 21.5. The van der Waals surface area contributed by atoms with Gasteiger partial charge in [-0.1, -0.05) is 23.7 Å². The van der Waals surface area contributed by atoms with E-state index in [-0.39, 0.29) is 29.1 Å². The highest BCUT2D eigenvalue weighted by molar-refractivity contribution is 6.30. The number of ether oxygens (including phenoxy) is 2. The van der Waals surface area contributed by atoms with Crippen molar-refractivity contribution in [2.24, 2.45) is 11.8 Å². The highest BCUT2D eigenvalue weighted by atomic mass is 35.5. The van der Waals surface area contributed by atoms with E-state index in [1.54, 1.807) is 13.2 Å². The first-order chi connectivity index (χ1) is 17.5. The molecule has 2 saturated carbocycles. The van der Waals surface area contributed by atoms with Gasteiger partial charge >= 0.3 is 0 Å². The molecule has 6 heteroatoms. The van der Waals surface area contributed by atoms with Crippen molar-refractivity contribution in [3.05, 3.63) is 64.2 Å². The molecule has 3 saturated heterocycles. The summed E-state index contributed by atoms with van der Waals surface area (Å²) in [6.45, 7) is 3.02. The van der Waals surface area contributed by atoms with E-state index in [1.807, 2.05) is 18.2 Å². The Morgan fingerprint density at radius 2 is 2.06 bits per heavy atom. The highest BCUT2D eigenvalue weighted by Crippen LogP contribution is 2.69. The third kappa shape index (κ3) is 2.72. The molecule has 2 aromatic rings. The zero-order valence-electron chi connectivity index (χ0n) is 20.8. The van der Waals surface area contributed by atoms with Crippen LogP contribution in [0.2, 0.25) is 5.02 Å². The Kier molecular flexibility index (Phi) is 4.57. The van der Waals surface area contributed by atoms with Crippen molar-refractivity contribution in [2.75, 3.05) is 26.7 Å². The number of amides is 1. The summed E-state index contributed by atoms with van der Waals surface area (Å²) >= 11 is 6.25. The van der Waals surface area contributed by atoms with Gasteiger partial charge in [0.2, 0.25) is 0 Å². The summed E-state index contributed by atoms with van der Waals surface area (Å²) in [5.41, 5.74) is 3.37. The maximum Gasteiger partial charge on any atom is 0.254 e. The smallest absolute Gasteiger partial charge is 0.254 e. The second-order valence-corrected chi connectivity index (χ2v) is 12.5. The van der Waals surface area contributed by atoms with Gasteiger partial charge in [0.25, 0.3) is 5.91 Å². The predicted molar refractivity (Wildman–Crippen MR) is 138 cm³/mol. The number of hydrogen-bond donors (Lipinski definition) is 0. The fourth-order valence-electron chi connectivity index (χ4n) is 9.16. The Bertz CT molecular complexity index is 1260. The number of nitrogens with zero attached hydrogens (tertiary/aromatic N) is 2. The lowest BCUT2D eigenvalue weighted by Gasteiger charge is -2.64. The van der Waals surface area contributed by atoms with E-state index >= 15 is 0 Å². The Morgan fingerprint density at radius 3 is 2.86 bits per heavy atom. The molecule has 3 heterocycles. The topological polar surface area (TPSA) is 42.0 Å². The molecule has 3 aliphatic heterocycles. The van der Waals surface area contributed by atoms with Gasteiger partial charge in [0.15, 0.2) is 0 Å². The number of benzene rings is 2. The Morgan fingerprint density at radius 1 is 1.17 bits per heavy atom. The maximum absolute atomic E-state index is 13.8. The summed E-state index contributed by atoms with van der Waals surface area (Å²) in [6, 6.07) is 14.8. The molecule has 0 N–H and O–H groups in total. The fraction of sp³-hybridized carbons (Fsp3) is 0.567. The first-order valence-corrected chi connectivity index (χ1v) is 14.1. The van der Waals surface area contributed by atoms with E-state index in [0.29, 0.717) is 29.1 Å². The Hall–Kier alpha value is -2.08. The first kappa shape index (κ1) is 22.0. The summed E-state index contributed by atoms with van der Waals surface area (Å²) in [4.78, 5) is 18.7. The maximum atomic E-state index is 13.8. The minimum Gasteiger partial charge on any atom is -0.497 e. The van der Waals surface area contributed by atoms with Crippen LogP contribution in [-0.4, -0.2) is 66.2 Å². The number of likely N-dealkylation sites (tertiary alicyclic amines) is 2. The summed E-state index contributed by atoms with van der Waals surface area (Å²) in [7, 11) is 1.76. The molecule has 0 radical (unpaired) electrons. The van der Waals surface area contributed by atoms with Crippen molar-refractivity contribution in [3.8, 4) is 5.75 Å². The zero-order chi connectivity index (χ0) is 24.2. The van der Waals surface area contributed by atoms with Crippen LogP contribution in [0.1, 0.15) is 53.6 Å². The van der Waals surface area contributed by atoms with Gasteiger partial charge < -0.3 is 14.4 Å². The number of carbonyl (C=O) groups excluding carboxylic acids is 1. The van der Waals surface area contributed by atoms with Crippen LogP contribution < -0.4 is 4.74 Å². The van der Waals surface area contributed by atoms with Gasteiger partial charge in [0, 0.05) is 47.1 Å². The minimum absolute atomic E-state index is 0.0587. The molecule has 1 amide bonds. The molecule has 0 spiro atoms. The molecule has 4 bridgehead atoms. The Labute approximate surface area is 217 Å². The molecule has 8 rings (SSSR count). The van der Waals surface area contributed by atoms with Crippen molar-refractivity contribution < 1.29 is 14.3 Å². The number of rotatable bonds is 4. The van der Waals surface area contributed by atoms with Gasteiger partial charge in [-0.2, -0.15) is 0 Å². The van der Waals surface area contributed by atoms with Gasteiger partial charge in [-0.05, 0) is 92.4 Å². The van der Waals surface area contributed by atoms with Crippen LogP contribution in [0.3, 0.4) is 0 Å². The van der Waals surface area contributed by atoms with E-state index in [4.69, 9.17) is 21.1 Å². The second kappa shape index (κ2) is 7.49. The quantitative estimate of drug-likeness (QED) is 0.605. The number of piperidine rings is 1. The lowest BCUT2D eigenvalue weighted by atomic mass is 9.46. The van der Waals surface area contributed by atoms with E-state index in [9.17, 15) is 4.79 Å². The summed E-state index contributed by atoms with van der Waals surface area (Å²) < 4.78 is 13.1. The first-order valence-electron chi connectivity index (χ1n) is 13.7. The predicted octanol–water partition coefficient (Wildman–Crippen LogP) is 4.70. The summed E-state index contributed by atoms with van der Waals surface area (Å²) in [6.07, 6.45) is 7.04. The molecule has 5 nitrogen and oxygen atoms in total. The van der Waals surface area contributed by atoms with Crippen molar-refractivity contribution in [1.82, 2.24) is 9.80 Å². The van der Waals surface area contributed by atoms with Crippen LogP contribution in [0.5, 0.6) is 5.75 Å². The normalized spacial score (nSPS) is 38.0. The van der Waals surface area contributed by atoms with Gasteiger partial charge in [-0.3, -0.25) is 9.69 Å². The lowest BCUT2D eigenvalue weighted by Crippen LogP contribution is -2.74. The fourth-order valence-corrected chi connectivity index (χ4v) is 9.35. The largest absolute Gasteiger partial charge is 0.497 e. The van der Waals surface area contributed by atoms with Crippen LogP contribution in [0, 0.1) is 11.8 Å². The number of methoxy groups -OCH3 is 1. The van der Waals surface area contributed by atoms with E-state index in [2.05, 4.69) is 28.0 Å². The van der Waals surface area contributed by atoms with Crippen LogP contribution >= 0.6 is 11.6 Å². The molecule has 0 aromatic heterocycles. The van der Waals surface area contributed by atoms with Gasteiger partial charge in [-0.25, -0.2) is 0 Å². The van der Waals surface area contributed by atoms with E-state index in [0.717, 1.165) is 43.9 Å². The van der Waals surface area contributed by atoms with Crippen LogP contribution in [0.15, 0.2) is 42.5 Å². The van der Waals surface area contributed by atoms with Gasteiger partial charge in [0.1, 0.15) is 5.75 Å². The van der Waals surface area contributed by atoms with E-state index in [1.165, 1.54) is 30.5 Å². The van der Waals surface area contributed by atoms with Crippen molar-refractivity contribution in [1.29, 1.82) is 0 Å². The molecule has 6 aliphatic rings.